The molecule has 1 saturated heterocycles. The van der Waals surface area contributed by atoms with Crippen LogP contribution >= 0.6 is 0 Å². The summed E-state index contributed by atoms with van der Waals surface area (Å²) in [7, 11) is 0. The van der Waals surface area contributed by atoms with Crippen molar-refractivity contribution in [1.82, 2.24) is 0 Å². The molecule has 2 fully saturated rings. The van der Waals surface area contributed by atoms with Crippen molar-refractivity contribution in [1.29, 1.82) is 0 Å². The number of hydrogen-bond acceptors (Lipinski definition) is 5. The average Bonchev–Trinajstić information content (AvgIpc) is 3.13. The molecule has 2 heterocycles. The van der Waals surface area contributed by atoms with Crippen LogP contribution in [0.1, 0.15) is 45.1 Å². The number of nitrogens with zero attached hydrogens (tertiary/aromatic N) is 1. The molecule has 2 aliphatic heterocycles. The van der Waals surface area contributed by atoms with Gasteiger partial charge < -0.3 is 19.0 Å². The summed E-state index contributed by atoms with van der Waals surface area (Å²) < 4.78 is 17.4. The van der Waals surface area contributed by atoms with E-state index >= 15 is 0 Å². The van der Waals surface area contributed by atoms with E-state index in [1.165, 1.54) is 12.8 Å². The van der Waals surface area contributed by atoms with Crippen molar-refractivity contribution in [3.8, 4) is 11.5 Å². The number of rotatable bonds is 6. The minimum Gasteiger partial charge on any atom is -0.489 e. The Hall–Kier alpha value is -1.75. The van der Waals surface area contributed by atoms with Crippen molar-refractivity contribution in [3.63, 3.8) is 0 Å². The van der Waals surface area contributed by atoms with Gasteiger partial charge in [-0.1, -0.05) is 5.16 Å². The quantitative estimate of drug-likeness (QED) is 0.800. The van der Waals surface area contributed by atoms with E-state index in [9.17, 15) is 0 Å². The van der Waals surface area contributed by atoms with Crippen LogP contribution in [0.3, 0.4) is 0 Å². The lowest BCUT2D eigenvalue weighted by atomic mass is 9.93. The topological polar surface area (TPSA) is 49.3 Å². The van der Waals surface area contributed by atoms with Crippen molar-refractivity contribution in [3.05, 3.63) is 23.8 Å². The van der Waals surface area contributed by atoms with E-state index in [0.29, 0.717) is 12.5 Å². The van der Waals surface area contributed by atoms with Gasteiger partial charge in [0.05, 0.1) is 31.6 Å². The minimum atomic E-state index is -0.254. The van der Waals surface area contributed by atoms with Crippen molar-refractivity contribution < 1.29 is 19.0 Å². The van der Waals surface area contributed by atoms with Crippen LogP contribution in [-0.4, -0.2) is 37.2 Å². The summed E-state index contributed by atoms with van der Waals surface area (Å²) in [6.07, 6.45) is 4.34. The first-order chi connectivity index (χ1) is 11.6. The number of oxime groups is 1. The Bertz CT molecular complexity index is 630. The number of hydrogen-bond donors (Lipinski definition) is 0. The smallest absolute Gasteiger partial charge is 0.168 e. The molecular weight excluding hydrogens is 306 g/mol. The molecule has 0 bridgehead atoms. The molecule has 0 radical (unpaired) electrons. The summed E-state index contributed by atoms with van der Waals surface area (Å²) in [6, 6.07) is 6.07. The predicted octanol–water partition coefficient (Wildman–Crippen LogP) is 3.55. The molecule has 1 aliphatic carbocycles. The Morgan fingerprint density at radius 1 is 1.29 bits per heavy atom. The Labute approximate surface area is 142 Å². The largest absolute Gasteiger partial charge is 0.489 e. The molecule has 1 spiro atoms. The van der Waals surface area contributed by atoms with Crippen molar-refractivity contribution in [2.24, 2.45) is 11.1 Å². The summed E-state index contributed by atoms with van der Waals surface area (Å²) in [6.45, 7) is 6.20. The molecule has 0 amide bonds. The number of ether oxygens (including phenoxy) is 3. The zero-order valence-corrected chi connectivity index (χ0v) is 14.4. The molecular formula is C19H25NO4. The Morgan fingerprint density at radius 2 is 2.17 bits per heavy atom. The van der Waals surface area contributed by atoms with E-state index in [4.69, 9.17) is 19.0 Å². The Morgan fingerprint density at radius 3 is 2.88 bits per heavy atom. The molecule has 1 atom stereocenters. The highest BCUT2D eigenvalue weighted by atomic mass is 16.7. The fraction of sp³-hybridized carbons (Fsp3) is 0.632. The van der Waals surface area contributed by atoms with E-state index in [1.807, 2.05) is 32.0 Å². The first-order valence-corrected chi connectivity index (χ1v) is 8.90. The molecule has 3 aliphatic rings. The maximum Gasteiger partial charge on any atom is 0.168 e. The van der Waals surface area contributed by atoms with Crippen LogP contribution in [-0.2, 0) is 9.57 Å². The summed E-state index contributed by atoms with van der Waals surface area (Å²) in [4.78, 5) is 5.70. The van der Waals surface area contributed by atoms with Gasteiger partial charge in [0, 0.05) is 18.4 Å². The van der Waals surface area contributed by atoms with Crippen molar-refractivity contribution in [2.75, 3.05) is 19.8 Å². The van der Waals surface area contributed by atoms with Gasteiger partial charge in [0.1, 0.15) is 0 Å². The third kappa shape index (κ3) is 3.36. The van der Waals surface area contributed by atoms with Gasteiger partial charge in [-0.25, -0.2) is 0 Å². The van der Waals surface area contributed by atoms with Gasteiger partial charge in [-0.05, 0) is 50.8 Å². The molecule has 1 unspecified atom stereocenters. The first kappa shape index (κ1) is 15.8. The lowest BCUT2D eigenvalue weighted by molar-refractivity contribution is -0.0237. The normalized spacial score (nSPS) is 25.9. The van der Waals surface area contributed by atoms with Crippen LogP contribution in [0, 0.1) is 5.92 Å². The Kier molecular flexibility index (Phi) is 4.12. The van der Waals surface area contributed by atoms with Gasteiger partial charge in [0.25, 0.3) is 0 Å². The van der Waals surface area contributed by atoms with Crippen molar-refractivity contribution >= 4 is 5.71 Å². The third-order valence-electron chi connectivity index (χ3n) is 4.72. The highest BCUT2D eigenvalue weighted by molar-refractivity contribution is 6.02. The van der Waals surface area contributed by atoms with E-state index in [2.05, 4.69) is 5.16 Å². The van der Waals surface area contributed by atoms with Crippen LogP contribution < -0.4 is 9.47 Å². The SMILES string of the molecule is CC(C)Oc1cc(C2=NOC3(CCOC3)C2)ccc1OCC1CC1. The van der Waals surface area contributed by atoms with Crippen LogP contribution in [0.4, 0.5) is 0 Å². The van der Waals surface area contributed by atoms with Crippen LogP contribution in [0.2, 0.25) is 0 Å². The highest BCUT2D eigenvalue weighted by Crippen LogP contribution is 2.37. The molecule has 1 saturated carbocycles. The van der Waals surface area contributed by atoms with E-state index in [0.717, 1.165) is 48.8 Å². The summed E-state index contributed by atoms with van der Waals surface area (Å²) >= 11 is 0. The highest BCUT2D eigenvalue weighted by Gasteiger charge is 2.43. The Balaban J connectivity index is 1.52. The molecule has 4 rings (SSSR count). The molecule has 5 heteroatoms. The van der Waals surface area contributed by atoms with Crippen molar-refractivity contribution in [2.45, 2.75) is 51.2 Å². The van der Waals surface area contributed by atoms with Crippen LogP contribution in [0.5, 0.6) is 11.5 Å². The van der Waals surface area contributed by atoms with Gasteiger partial charge in [-0.3, -0.25) is 0 Å². The fourth-order valence-electron chi connectivity index (χ4n) is 3.12. The molecule has 1 aromatic rings. The molecule has 24 heavy (non-hydrogen) atoms. The maximum absolute atomic E-state index is 5.97. The molecule has 0 N–H and O–H groups in total. The van der Waals surface area contributed by atoms with Crippen LogP contribution in [0.25, 0.3) is 0 Å². The molecule has 130 valence electrons. The molecule has 1 aromatic carbocycles. The number of benzene rings is 1. The van der Waals surface area contributed by atoms with Gasteiger partial charge in [-0.2, -0.15) is 0 Å². The van der Waals surface area contributed by atoms with Gasteiger partial charge >= 0.3 is 0 Å². The molecule has 0 aromatic heterocycles. The second-order valence-corrected chi connectivity index (χ2v) is 7.37. The lowest BCUT2D eigenvalue weighted by Crippen LogP contribution is -2.29. The maximum atomic E-state index is 5.97. The summed E-state index contributed by atoms with van der Waals surface area (Å²) in [5.41, 5.74) is 1.74. The fourth-order valence-corrected chi connectivity index (χ4v) is 3.12. The zero-order valence-electron chi connectivity index (χ0n) is 14.4. The molecule has 5 nitrogen and oxygen atoms in total. The van der Waals surface area contributed by atoms with Gasteiger partial charge in [-0.15, -0.1) is 0 Å². The zero-order chi connectivity index (χ0) is 16.6. The van der Waals surface area contributed by atoms with Crippen LogP contribution in [0.15, 0.2) is 23.4 Å². The van der Waals surface area contributed by atoms with E-state index in [1.54, 1.807) is 0 Å². The predicted molar refractivity (Wildman–Crippen MR) is 90.8 cm³/mol. The average molecular weight is 331 g/mol. The third-order valence-corrected chi connectivity index (χ3v) is 4.72. The second kappa shape index (κ2) is 6.28. The monoisotopic (exact) mass is 331 g/mol. The standard InChI is InChI=1S/C19H25NO4/c1-13(2)23-18-9-15(5-6-17(18)22-11-14-3-4-14)16-10-19(24-20-16)7-8-21-12-19/h5-6,9,13-14H,3-4,7-8,10-12H2,1-2H3. The van der Waals surface area contributed by atoms with Gasteiger partial charge in [0.15, 0.2) is 17.1 Å². The first-order valence-electron chi connectivity index (χ1n) is 8.90. The van der Waals surface area contributed by atoms with E-state index in [-0.39, 0.29) is 11.7 Å². The summed E-state index contributed by atoms with van der Waals surface area (Å²) in [5, 5.41) is 4.32. The van der Waals surface area contributed by atoms with Gasteiger partial charge in [0.2, 0.25) is 0 Å². The lowest BCUT2D eigenvalue weighted by Gasteiger charge is -2.18. The second-order valence-electron chi connectivity index (χ2n) is 7.37. The van der Waals surface area contributed by atoms with E-state index < -0.39 is 0 Å². The minimum absolute atomic E-state index is 0.0971. The summed E-state index contributed by atoms with van der Waals surface area (Å²) in [5.74, 6) is 2.32.